The molecule has 7 nitrogen and oxygen atoms in total. The Morgan fingerprint density at radius 1 is 1.55 bits per heavy atom. The number of nitrogens with two attached hydrogens (primary N) is 1. The molecule has 4 N–H and O–H groups in total. The quantitative estimate of drug-likeness (QED) is 0.637. The molecule has 0 radical (unpaired) electrons. The Hall–Kier alpha value is -0.860. The minimum Gasteiger partial charge on any atom is -0.390 e. The number of aliphatic hydroxyl groups is 1. The zero-order valence-corrected chi connectivity index (χ0v) is 12.2. The summed E-state index contributed by atoms with van der Waals surface area (Å²) in [6.45, 7) is 0.171. The van der Waals surface area contributed by atoms with E-state index in [1.54, 1.807) is 0 Å². The van der Waals surface area contributed by atoms with Crippen LogP contribution in [0.5, 0.6) is 0 Å². The summed E-state index contributed by atoms with van der Waals surface area (Å²) in [6.07, 6.45) is 0.202. The van der Waals surface area contributed by atoms with Gasteiger partial charge in [0.1, 0.15) is 6.23 Å². The molecule has 0 amide bonds. The SMILES string of the molecule is Cl.NC[C@@H]1O[C@H](n2cc(CCCl)c(=O)[nH]c2=O)CC1O. The first-order valence-corrected chi connectivity index (χ1v) is 6.54. The number of nitrogens with zero attached hydrogens (tertiary/aromatic N) is 1. The third-order valence-electron chi connectivity index (χ3n) is 3.15. The van der Waals surface area contributed by atoms with E-state index in [1.165, 1.54) is 10.8 Å². The van der Waals surface area contributed by atoms with Crippen LogP contribution in [0.1, 0.15) is 18.2 Å². The largest absolute Gasteiger partial charge is 0.390 e. The van der Waals surface area contributed by atoms with Crippen molar-refractivity contribution in [1.82, 2.24) is 9.55 Å². The van der Waals surface area contributed by atoms with Crippen molar-refractivity contribution >= 4 is 24.0 Å². The van der Waals surface area contributed by atoms with Gasteiger partial charge in [-0.2, -0.15) is 0 Å². The Balaban J connectivity index is 0.00000200. The topological polar surface area (TPSA) is 110 Å². The number of aromatic amines is 1. The highest BCUT2D eigenvalue weighted by Gasteiger charge is 2.34. The van der Waals surface area contributed by atoms with E-state index in [1.807, 2.05) is 0 Å². The summed E-state index contributed by atoms with van der Waals surface area (Å²) in [7, 11) is 0. The van der Waals surface area contributed by atoms with Crippen molar-refractivity contribution in [2.24, 2.45) is 5.73 Å². The van der Waals surface area contributed by atoms with Gasteiger partial charge < -0.3 is 15.6 Å². The van der Waals surface area contributed by atoms with Gasteiger partial charge in [0.15, 0.2) is 0 Å². The number of ether oxygens (including phenoxy) is 1. The summed E-state index contributed by atoms with van der Waals surface area (Å²) in [5.41, 5.74) is 4.84. The van der Waals surface area contributed by atoms with Crippen LogP contribution in [0.15, 0.2) is 15.8 Å². The average molecular weight is 326 g/mol. The molecule has 1 unspecified atom stereocenters. The number of hydrogen-bond acceptors (Lipinski definition) is 5. The van der Waals surface area contributed by atoms with Crippen LogP contribution in [0.25, 0.3) is 0 Å². The van der Waals surface area contributed by atoms with Crippen LogP contribution in [-0.4, -0.2) is 39.3 Å². The maximum atomic E-state index is 11.8. The molecule has 0 aliphatic carbocycles. The van der Waals surface area contributed by atoms with Crippen molar-refractivity contribution in [2.45, 2.75) is 31.3 Å². The molecule has 9 heteroatoms. The number of rotatable bonds is 4. The number of aryl methyl sites for hydroxylation is 1. The number of aromatic nitrogens is 2. The normalized spacial score (nSPS) is 25.4. The Bertz CT molecular complexity index is 559. The summed E-state index contributed by atoms with van der Waals surface area (Å²) >= 11 is 5.60. The van der Waals surface area contributed by atoms with Crippen LogP contribution in [0.4, 0.5) is 0 Å². The first kappa shape index (κ1) is 17.2. The van der Waals surface area contributed by atoms with Crippen LogP contribution in [0.3, 0.4) is 0 Å². The third-order valence-corrected chi connectivity index (χ3v) is 3.34. The van der Waals surface area contributed by atoms with Gasteiger partial charge in [0.2, 0.25) is 0 Å². The van der Waals surface area contributed by atoms with Crippen LogP contribution in [0.2, 0.25) is 0 Å². The van der Waals surface area contributed by atoms with E-state index >= 15 is 0 Å². The Kier molecular flexibility index (Phi) is 6.22. The lowest BCUT2D eigenvalue weighted by atomic mass is 10.2. The zero-order chi connectivity index (χ0) is 14.0. The molecule has 20 heavy (non-hydrogen) atoms. The Morgan fingerprint density at radius 2 is 2.25 bits per heavy atom. The van der Waals surface area contributed by atoms with Crippen molar-refractivity contribution < 1.29 is 9.84 Å². The molecule has 1 aromatic heterocycles. The molecule has 2 rings (SSSR count). The fourth-order valence-electron chi connectivity index (χ4n) is 2.12. The van der Waals surface area contributed by atoms with Crippen LogP contribution in [0, 0.1) is 0 Å². The summed E-state index contributed by atoms with van der Waals surface area (Å²) in [5, 5.41) is 9.73. The zero-order valence-electron chi connectivity index (χ0n) is 10.6. The minimum atomic E-state index is -0.717. The minimum absolute atomic E-state index is 0. The second kappa shape index (κ2) is 7.24. The van der Waals surface area contributed by atoms with E-state index in [0.717, 1.165) is 0 Å². The highest BCUT2D eigenvalue weighted by Crippen LogP contribution is 2.26. The number of H-pyrrole nitrogens is 1. The lowest BCUT2D eigenvalue weighted by molar-refractivity contribution is -0.0152. The van der Waals surface area contributed by atoms with Gasteiger partial charge in [0, 0.05) is 30.6 Å². The monoisotopic (exact) mass is 325 g/mol. The smallest absolute Gasteiger partial charge is 0.330 e. The van der Waals surface area contributed by atoms with E-state index in [-0.39, 0.29) is 31.3 Å². The van der Waals surface area contributed by atoms with Crippen molar-refractivity contribution in [1.29, 1.82) is 0 Å². The number of hydrogen-bond donors (Lipinski definition) is 3. The van der Waals surface area contributed by atoms with Crippen LogP contribution in [-0.2, 0) is 11.2 Å². The molecule has 114 valence electrons. The van der Waals surface area contributed by atoms with Crippen molar-refractivity contribution in [3.8, 4) is 0 Å². The maximum Gasteiger partial charge on any atom is 0.330 e. The van der Waals surface area contributed by atoms with E-state index in [4.69, 9.17) is 22.1 Å². The highest BCUT2D eigenvalue weighted by molar-refractivity contribution is 6.17. The fraction of sp³-hybridized carbons (Fsp3) is 0.636. The van der Waals surface area contributed by atoms with Gasteiger partial charge in [-0.05, 0) is 6.42 Å². The molecular weight excluding hydrogens is 309 g/mol. The second-order valence-corrected chi connectivity index (χ2v) is 4.81. The molecule has 0 aromatic carbocycles. The molecule has 2 heterocycles. The fourth-order valence-corrected chi connectivity index (χ4v) is 2.32. The molecule has 0 saturated carbocycles. The molecule has 0 spiro atoms. The number of aliphatic hydroxyl groups excluding tert-OH is 1. The highest BCUT2D eigenvalue weighted by atomic mass is 35.5. The molecule has 3 atom stereocenters. The predicted octanol–water partition coefficient (Wildman–Crippen LogP) is -0.653. The summed E-state index contributed by atoms with van der Waals surface area (Å²) in [5.74, 6) is 0.279. The summed E-state index contributed by atoms with van der Waals surface area (Å²) in [4.78, 5) is 25.5. The molecule has 1 aromatic rings. The van der Waals surface area contributed by atoms with E-state index in [2.05, 4.69) is 4.98 Å². The van der Waals surface area contributed by atoms with Crippen LogP contribution >= 0.6 is 24.0 Å². The lowest BCUT2D eigenvalue weighted by Crippen LogP contribution is -2.34. The van der Waals surface area contributed by atoms with Gasteiger partial charge in [0.25, 0.3) is 5.56 Å². The van der Waals surface area contributed by atoms with Crippen molar-refractivity contribution in [2.75, 3.05) is 12.4 Å². The average Bonchev–Trinajstić information content (AvgIpc) is 2.74. The first-order valence-electron chi connectivity index (χ1n) is 6.00. The van der Waals surface area contributed by atoms with Gasteiger partial charge in [0.05, 0.1) is 12.2 Å². The lowest BCUT2D eigenvalue weighted by Gasteiger charge is -2.15. The standard InChI is InChI=1S/C11H16ClN3O4.ClH/c12-2-1-6-5-15(11(18)14-10(6)17)9-3-7(16)8(4-13)19-9;/h5,7-9,16H,1-4,13H2,(H,14,17,18);1H/t7?,8-,9-;/m0./s1. The predicted molar refractivity (Wildman–Crippen MR) is 76.6 cm³/mol. The van der Waals surface area contributed by atoms with Gasteiger partial charge in [-0.25, -0.2) is 4.79 Å². The third kappa shape index (κ3) is 3.42. The number of nitrogens with one attached hydrogen (secondary N) is 1. The Morgan fingerprint density at radius 3 is 2.80 bits per heavy atom. The van der Waals surface area contributed by atoms with E-state index < -0.39 is 29.7 Å². The Labute approximate surface area is 126 Å². The molecular formula is C11H17Cl2N3O4. The molecule has 1 fully saturated rings. The van der Waals surface area contributed by atoms with E-state index in [0.29, 0.717) is 12.0 Å². The van der Waals surface area contributed by atoms with Gasteiger partial charge in [-0.3, -0.25) is 14.3 Å². The van der Waals surface area contributed by atoms with Gasteiger partial charge in [-0.1, -0.05) is 0 Å². The van der Waals surface area contributed by atoms with Crippen molar-refractivity contribution in [3.63, 3.8) is 0 Å². The number of alkyl halides is 1. The van der Waals surface area contributed by atoms with E-state index in [9.17, 15) is 14.7 Å². The summed E-state index contributed by atoms with van der Waals surface area (Å²) in [6, 6.07) is 0. The molecule has 0 bridgehead atoms. The molecule has 1 aliphatic rings. The first-order chi connectivity index (χ1) is 9.06. The summed E-state index contributed by atoms with van der Waals surface area (Å²) < 4.78 is 6.76. The van der Waals surface area contributed by atoms with Crippen molar-refractivity contribution in [3.05, 3.63) is 32.6 Å². The van der Waals surface area contributed by atoms with Gasteiger partial charge >= 0.3 is 5.69 Å². The molecule has 1 saturated heterocycles. The van der Waals surface area contributed by atoms with Gasteiger partial charge in [-0.15, -0.1) is 24.0 Å². The number of halogens is 2. The maximum absolute atomic E-state index is 11.8. The second-order valence-electron chi connectivity index (χ2n) is 4.43. The van der Waals surface area contributed by atoms with Crippen LogP contribution < -0.4 is 17.0 Å². The molecule has 1 aliphatic heterocycles.